The second kappa shape index (κ2) is 4.02. The van der Waals surface area contributed by atoms with E-state index in [1.165, 1.54) is 0 Å². The molecule has 2 rings (SSSR count). The Morgan fingerprint density at radius 3 is 2.81 bits per heavy atom. The van der Waals surface area contributed by atoms with E-state index in [4.69, 9.17) is 20.3 Å². The molecule has 1 heterocycles. The number of hydrogen-bond donors (Lipinski definition) is 2. The third kappa shape index (κ3) is 1.69. The molecule has 1 aromatic carbocycles. The number of fused-ring (bicyclic) bond motifs is 1. The molecule has 0 bridgehead atoms. The maximum absolute atomic E-state index is 10.8. The Labute approximate surface area is 92.8 Å². The smallest absolute Gasteiger partial charge is 0.325 e. The first-order chi connectivity index (χ1) is 7.61. The van der Waals surface area contributed by atoms with Gasteiger partial charge in [-0.2, -0.15) is 0 Å². The van der Waals surface area contributed by atoms with Crippen LogP contribution in [-0.4, -0.2) is 24.3 Å². The minimum Gasteiger partial charge on any atom is -0.486 e. The predicted octanol–water partition coefficient (Wildman–Crippen LogP) is 0.851. The Balaban J connectivity index is 2.45. The van der Waals surface area contributed by atoms with E-state index in [2.05, 4.69) is 0 Å². The van der Waals surface area contributed by atoms with E-state index in [9.17, 15) is 4.79 Å². The third-order valence-electron chi connectivity index (χ3n) is 2.60. The number of nitrogens with two attached hydrogens (primary N) is 1. The van der Waals surface area contributed by atoms with Crippen molar-refractivity contribution in [2.45, 2.75) is 13.0 Å². The molecular weight excluding hydrogens is 210 g/mol. The maximum Gasteiger partial charge on any atom is 0.325 e. The molecule has 86 valence electrons. The lowest BCUT2D eigenvalue weighted by molar-refractivity contribution is -0.138. The Kier molecular flexibility index (Phi) is 2.70. The van der Waals surface area contributed by atoms with Gasteiger partial charge in [0, 0.05) is 5.56 Å². The molecule has 1 aromatic rings. The lowest BCUT2D eigenvalue weighted by atomic mass is 10.0. The first kappa shape index (κ1) is 10.8. The average molecular weight is 223 g/mol. The van der Waals surface area contributed by atoms with Crippen LogP contribution < -0.4 is 15.2 Å². The van der Waals surface area contributed by atoms with Crippen molar-refractivity contribution >= 4 is 5.97 Å². The molecule has 1 aliphatic rings. The van der Waals surface area contributed by atoms with Crippen LogP contribution in [-0.2, 0) is 4.79 Å². The van der Waals surface area contributed by atoms with E-state index in [0.717, 1.165) is 5.56 Å². The predicted molar refractivity (Wildman–Crippen MR) is 56.7 cm³/mol. The van der Waals surface area contributed by atoms with Crippen molar-refractivity contribution in [2.75, 3.05) is 13.2 Å². The first-order valence-electron chi connectivity index (χ1n) is 4.98. The normalized spacial score (nSPS) is 15.6. The summed E-state index contributed by atoms with van der Waals surface area (Å²) in [6.45, 7) is 2.77. The van der Waals surface area contributed by atoms with Gasteiger partial charge in [-0.25, -0.2) is 0 Å². The number of aliphatic carboxylic acids is 1. The van der Waals surface area contributed by atoms with Crippen molar-refractivity contribution < 1.29 is 19.4 Å². The molecule has 5 nitrogen and oxygen atoms in total. The summed E-state index contributed by atoms with van der Waals surface area (Å²) in [7, 11) is 0. The monoisotopic (exact) mass is 223 g/mol. The highest BCUT2D eigenvalue weighted by molar-refractivity contribution is 5.76. The number of hydrogen-bond acceptors (Lipinski definition) is 4. The summed E-state index contributed by atoms with van der Waals surface area (Å²) >= 11 is 0. The van der Waals surface area contributed by atoms with Gasteiger partial charge < -0.3 is 20.3 Å². The van der Waals surface area contributed by atoms with Gasteiger partial charge in [0.2, 0.25) is 0 Å². The highest BCUT2D eigenvalue weighted by Gasteiger charge is 2.22. The SMILES string of the molecule is Cc1c(C(N)C(=O)O)ccc2c1OCCO2. The molecule has 0 saturated carbocycles. The van der Waals surface area contributed by atoms with Crippen LogP contribution in [0.4, 0.5) is 0 Å². The zero-order valence-electron chi connectivity index (χ0n) is 8.90. The van der Waals surface area contributed by atoms with Gasteiger partial charge in [0.15, 0.2) is 11.5 Å². The molecule has 0 fully saturated rings. The van der Waals surface area contributed by atoms with Crippen molar-refractivity contribution in [3.05, 3.63) is 23.3 Å². The molecule has 1 atom stereocenters. The second-order valence-electron chi connectivity index (χ2n) is 3.62. The fraction of sp³-hybridized carbons (Fsp3) is 0.364. The van der Waals surface area contributed by atoms with E-state index in [-0.39, 0.29) is 0 Å². The van der Waals surface area contributed by atoms with Crippen molar-refractivity contribution in [1.82, 2.24) is 0 Å². The van der Waals surface area contributed by atoms with Crippen LogP contribution in [0.3, 0.4) is 0 Å². The van der Waals surface area contributed by atoms with Crippen LogP contribution in [0, 0.1) is 6.92 Å². The molecule has 3 N–H and O–H groups in total. The number of carbonyl (C=O) groups is 1. The van der Waals surface area contributed by atoms with Crippen LogP contribution in [0.25, 0.3) is 0 Å². The van der Waals surface area contributed by atoms with Gasteiger partial charge in [-0.05, 0) is 18.6 Å². The van der Waals surface area contributed by atoms with Crippen LogP contribution in [0.2, 0.25) is 0 Å². The van der Waals surface area contributed by atoms with E-state index in [0.29, 0.717) is 30.3 Å². The molecule has 5 heteroatoms. The van der Waals surface area contributed by atoms with Crippen molar-refractivity contribution in [3.8, 4) is 11.5 Å². The zero-order chi connectivity index (χ0) is 11.7. The van der Waals surface area contributed by atoms with Gasteiger partial charge in [0.25, 0.3) is 0 Å². The van der Waals surface area contributed by atoms with Gasteiger partial charge in [-0.1, -0.05) is 6.07 Å². The summed E-state index contributed by atoms with van der Waals surface area (Å²) in [6, 6.07) is 2.33. The summed E-state index contributed by atoms with van der Waals surface area (Å²) in [5.41, 5.74) is 6.86. The van der Waals surface area contributed by atoms with Gasteiger partial charge in [-0.3, -0.25) is 4.79 Å². The standard InChI is InChI=1S/C11H13NO4/c1-6-7(9(12)11(13)14)2-3-8-10(6)16-5-4-15-8/h2-3,9H,4-5,12H2,1H3,(H,13,14). The molecular formula is C11H13NO4. The van der Waals surface area contributed by atoms with Crippen LogP contribution >= 0.6 is 0 Å². The molecule has 0 spiro atoms. The number of ether oxygens (including phenoxy) is 2. The van der Waals surface area contributed by atoms with Gasteiger partial charge in [0.05, 0.1) is 0 Å². The fourth-order valence-electron chi connectivity index (χ4n) is 1.74. The fourth-order valence-corrected chi connectivity index (χ4v) is 1.74. The summed E-state index contributed by atoms with van der Waals surface area (Å²) in [6.07, 6.45) is 0. The number of rotatable bonds is 2. The molecule has 0 aliphatic carbocycles. The Bertz CT molecular complexity index is 430. The first-order valence-corrected chi connectivity index (χ1v) is 4.98. The Morgan fingerprint density at radius 2 is 2.12 bits per heavy atom. The zero-order valence-corrected chi connectivity index (χ0v) is 8.90. The minimum atomic E-state index is -1.06. The average Bonchev–Trinajstić information content (AvgIpc) is 2.29. The number of carboxylic acids is 1. The van der Waals surface area contributed by atoms with Crippen molar-refractivity contribution in [3.63, 3.8) is 0 Å². The van der Waals surface area contributed by atoms with Crippen molar-refractivity contribution in [2.24, 2.45) is 5.73 Å². The highest BCUT2D eigenvalue weighted by atomic mass is 16.6. The maximum atomic E-state index is 10.8. The Morgan fingerprint density at radius 1 is 1.44 bits per heavy atom. The van der Waals surface area contributed by atoms with Crippen molar-refractivity contribution in [1.29, 1.82) is 0 Å². The number of benzene rings is 1. The molecule has 0 radical (unpaired) electrons. The van der Waals surface area contributed by atoms with Crippen LogP contribution in [0.15, 0.2) is 12.1 Å². The largest absolute Gasteiger partial charge is 0.486 e. The van der Waals surface area contributed by atoms with Gasteiger partial charge in [-0.15, -0.1) is 0 Å². The summed E-state index contributed by atoms with van der Waals surface area (Å²) < 4.78 is 10.8. The van der Waals surface area contributed by atoms with E-state index in [1.54, 1.807) is 19.1 Å². The quantitative estimate of drug-likeness (QED) is 0.776. The molecule has 1 unspecified atom stereocenters. The molecule has 1 aliphatic heterocycles. The summed E-state index contributed by atoms with van der Waals surface area (Å²) in [4.78, 5) is 10.8. The van der Waals surface area contributed by atoms with Gasteiger partial charge >= 0.3 is 5.97 Å². The van der Waals surface area contributed by atoms with E-state index >= 15 is 0 Å². The highest BCUT2D eigenvalue weighted by Crippen LogP contribution is 2.36. The summed E-state index contributed by atoms with van der Waals surface area (Å²) in [5.74, 6) is 0.185. The lowest BCUT2D eigenvalue weighted by Gasteiger charge is -2.22. The lowest BCUT2D eigenvalue weighted by Crippen LogP contribution is -2.23. The minimum absolute atomic E-state index is 0.472. The molecule has 16 heavy (non-hydrogen) atoms. The third-order valence-corrected chi connectivity index (χ3v) is 2.60. The molecule has 0 saturated heterocycles. The second-order valence-corrected chi connectivity index (χ2v) is 3.62. The van der Waals surface area contributed by atoms with Crippen LogP contribution in [0.5, 0.6) is 11.5 Å². The number of carboxylic acid groups (broad SMARTS) is 1. The summed E-state index contributed by atoms with van der Waals surface area (Å²) in [5, 5.41) is 8.87. The van der Waals surface area contributed by atoms with Crippen LogP contribution in [0.1, 0.15) is 17.2 Å². The molecule has 0 amide bonds. The Hall–Kier alpha value is -1.75. The topological polar surface area (TPSA) is 81.8 Å². The van der Waals surface area contributed by atoms with E-state index in [1.807, 2.05) is 0 Å². The van der Waals surface area contributed by atoms with E-state index < -0.39 is 12.0 Å². The molecule has 0 aromatic heterocycles. The van der Waals surface area contributed by atoms with Gasteiger partial charge in [0.1, 0.15) is 19.3 Å².